The highest BCUT2D eigenvalue weighted by Gasteiger charge is 2.28. The van der Waals surface area contributed by atoms with Crippen molar-refractivity contribution in [3.05, 3.63) is 65.2 Å². The summed E-state index contributed by atoms with van der Waals surface area (Å²) < 4.78 is 5.22. The van der Waals surface area contributed by atoms with E-state index in [1.165, 1.54) is 0 Å². The number of aryl methyl sites for hydroxylation is 1. The van der Waals surface area contributed by atoms with Crippen molar-refractivity contribution in [3.63, 3.8) is 0 Å². The second kappa shape index (κ2) is 11.2. The molecule has 5 heteroatoms. The number of methoxy groups -OCH3 is 1. The maximum Gasteiger partial charge on any atom is 0.242 e. The zero-order valence-electron chi connectivity index (χ0n) is 17.9. The number of nitrogens with one attached hydrogen (secondary N) is 1. The normalized spacial score (nSPS) is 11.6. The van der Waals surface area contributed by atoms with E-state index in [2.05, 4.69) is 5.32 Å². The first kappa shape index (κ1) is 22.5. The molecular formula is C24H32N2O3. The second-order valence-electron chi connectivity index (χ2n) is 7.25. The predicted octanol–water partition coefficient (Wildman–Crippen LogP) is 3.88. The average Bonchev–Trinajstić information content (AvgIpc) is 2.74. The molecule has 0 saturated heterocycles. The molecular weight excluding hydrogens is 364 g/mol. The minimum atomic E-state index is -0.499. The Morgan fingerprint density at radius 3 is 2.17 bits per heavy atom. The van der Waals surface area contributed by atoms with Crippen molar-refractivity contribution in [2.75, 3.05) is 13.7 Å². The molecule has 156 valence electrons. The van der Waals surface area contributed by atoms with Gasteiger partial charge in [0.25, 0.3) is 0 Å². The van der Waals surface area contributed by atoms with Crippen LogP contribution in [0.2, 0.25) is 0 Å². The lowest BCUT2D eigenvalue weighted by atomic mass is 10.1. The summed E-state index contributed by atoms with van der Waals surface area (Å²) in [4.78, 5) is 27.7. The van der Waals surface area contributed by atoms with Crippen LogP contribution in [0.5, 0.6) is 5.75 Å². The van der Waals surface area contributed by atoms with E-state index in [0.717, 1.165) is 28.9 Å². The molecule has 0 aliphatic heterocycles. The number of nitrogens with zero attached hydrogens (tertiary/aromatic N) is 1. The van der Waals surface area contributed by atoms with Crippen LogP contribution in [-0.4, -0.2) is 36.4 Å². The lowest BCUT2D eigenvalue weighted by Crippen LogP contribution is -2.49. The predicted molar refractivity (Wildman–Crippen MR) is 116 cm³/mol. The maximum atomic E-state index is 13.2. The number of ether oxygens (including phenoxy) is 1. The summed E-state index contributed by atoms with van der Waals surface area (Å²) in [5.74, 6) is 0.613. The molecule has 0 aromatic heterocycles. The van der Waals surface area contributed by atoms with Gasteiger partial charge in [-0.2, -0.15) is 0 Å². The zero-order valence-corrected chi connectivity index (χ0v) is 17.9. The molecule has 1 N–H and O–H groups in total. The molecule has 2 aromatic carbocycles. The number of amides is 2. The van der Waals surface area contributed by atoms with E-state index >= 15 is 0 Å². The Balaban J connectivity index is 2.24. The minimum Gasteiger partial charge on any atom is -0.497 e. The fraction of sp³-hybridized carbons (Fsp3) is 0.417. The molecule has 0 spiro atoms. The molecule has 0 aliphatic carbocycles. The number of rotatable bonds is 10. The highest BCUT2D eigenvalue weighted by Crippen LogP contribution is 2.17. The van der Waals surface area contributed by atoms with Gasteiger partial charge in [0, 0.05) is 13.1 Å². The van der Waals surface area contributed by atoms with Crippen molar-refractivity contribution in [2.45, 2.75) is 52.6 Å². The van der Waals surface area contributed by atoms with E-state index in [-0.39, 0.29) is 18.2 Å². The van der Waals surface area contributed by atoms with Crippen LogP contribution in [-0.2, 0) is 22.6 Å². The van der Waals surface area contributed by atoms with Crippen LogP contribution in [0.25, 0.3) is 0 Å². The topological polar surface area (TPSA) is 58.6 Å². The highest BCUT2D eigenvalue weighted by molar-refractivity contribution is 5.88. The van der Waals surface area contributed by atoms with E-state index in [4.69, 9.17) is 4.74 Å². The molecule has 0 aliphatic rings. The zero-order chi connectivity index (χ0) is 21.2. The van der Waals surface area contributed by atoms with Gasteiger partial charge in [-0.3, -0.25) is 9.59 Å². The van der Waals surface area contributed by atoms with Gasteiger partial charge < -0.3 is 15.0 Å². The first-order valence-electron chi connectivity index (χ1n) is 10.2. The van der Waals surface area contributed by atoms with E-state index in [9.17, 15) is 9.59 Å². The third-order valence-electron chi connectivity index (χ3n) is 4.92. The standard InChI is InChI=1S/C24H32N2O3/c1-5-15-25-24(28)22(6-2)26(17-20-11-13-21(29-4)14-12-20)23(27)16-19-9-7-18(3)8-10-19/h7-14,22H,5-6,15-17H2,1-4H3,(H,25,28)/t22-/m0/s1. The van der Waals surface area contributed by atoms with Gasteiger partial charge in [-0.15, -0.1) is 0 Å². The molecule has 0 unspecified atom stereocenters. The quantitative estimate of drug-likeness (QED) is 0.663. The van der Waals surface area contributed by atoms with Gasteiger partial charge >= 0.3 is 0 Å². The first-order chi connectivity index (χ1) is 14.0. The van der Waals surface area contributed by atoms with Crippen molar-refractivity contribution >= 4 is 11.8 Å². The Morgan fingerprint density at radius 2 is 1.62 bits per heavy atom. The van der Waals surface area contributed by atoms with E-state index in [1.54, 1.807) is 12.0 Å². The molecule has 2 aromatic rings. The highest BCUT2D eigenvalue weighted by atomic mass is 16.5. The molecule has 5 nitrogen and oxygen atoms in total. The lowest BCUT2D eigenvalue weighted by Gasteiger charge is -2.31. The fourth-order valence-electron chi connectivity index (χ4n) is 3.20. The van der Waals surface area contributed by atoms with Crippen LogP contribution in [0.15, 0.2) is 48.5 Å². The minimum absolute atomic E-state index is 0.0526. The van der Waals surface area contributed by atoms with Crippen molar-refractivity contribution in [2.24, 2.45) is 0 Å². The third-order valence-corrected chi connectivity index (χ3v) is 4.92. The van der Waals surface area contributed by atoms with Crippen LogP contribution in [0, 0.1) is 6.92 Å². The number of benzene rings is 2. The maximum absolute atomic E-state index is 13.2. The SMILES string of the molecule is CCCNC(=O)[C@H](CC)N(Cc1ccc(OC)cc1)C(=O)Cc1ccc(C)cc1. The summed E-state index contributed by atoms with van der Waals surface area (Å²) in [5, 5.41) is 2.94. The second-order valence-corrected chi connectivity index (χ2v) is 7.25. The van der Waals surface area contributed by atoms with E-state index in [1.807, 2.05) is 69.3 Å². The van der Waals surface area contributed by atoms with Gasteiger partial charge in [0.1, 0.15) is 11.8 Å². The summed E-state index contributed by atoms with van der Waals surface area (Å²) >= 11 is 0. The van der Waals surface area contributed by atoms with Crippen LogP contribution >= 0.6 is 0 Å². The van der Waals surface area contributed by atoms with E-state index in [0.29, 0.717) is 19.5 Å². The van der Waals surface area contributed by atoms with Gasteiger partial charge in [-0.1, -0.05) is 55.8 Å². The summed E-state index contributed by atoms with van der Waals surface area (Å²) in [6.45, 7) is 6.96. The lowest BCUT2D eigenvalue weighted by molar-refractivity contribution is -0.140. The first-order valence-corrected chi connectivity index (χ1v) is 10.2. The number of carbonyl (C=O) groups excluding carboxylic acids is 2. The fourth-order valence-corrected chi connectivity index (χ4v) is 3.20. The molecule has 1 atom stereocenters. The molecule has 0 saturated carbocycles. The van der Waals surface area contributed by atoms with Crippen LogP contribution in [0.4, 0.5) is 0 Å². The molecule has 0 heterocycles. The largest absolute Gasteiger partial charge is 0.497 e. The van der Waals surface area contributed by atoms with Crippen molar-refractivity contribution in [3.8, 4) is 5.75 Å². The Morgan fingerprint density at radius 1 is 1.00 bits per heavy atom. The van der Waals surface area contributed by atoms with Crippen molar-refractivity contribution in [1.82, 2.24) is 10.2 Å². The number of hydrogen-bond acceptors (Lipinski definition) is 3. The van der Waals surface area contributed by atoms with Gasteiger partial charge in [0.2, 0.25) is 11.8 Å². The molecule has 0 fully saturated rings. The summed E-state index contributed by atoms with van der Waals surface area (Å²) in [5.41, 5.74) is 3.07. The Labute approximate surface area is 174 Å². The number of hydrogen-bond donors (Lipinski definition) is 1. The Kier molecular flexibility index (Phi) is 8.71. The van der Waals surface area contributed by atoms with Gasteiger partial charge in [-0.05, 0) is 43.0 Å². The number of carbonyl (C=O) groups is 2. The molecule has 0 bridgehead atoms. The third kappa shape index (κ3) is 6.63. The monoisotopic (exact) mass is 396 g/mol. The Hall–Kier alpha value is -2.82. The van der Waals surface area contributed by atoms with Crippen molar-refractivity contribution < 1.29 is 14.3 Å². The molecule has 0 radical (unpaired) electrons. The van der Waals surface area contributed by atoms with Crippen molar-refractivity contribution in [1.29, 1.82) is 0 Å². The van der Waals surface area contributed by atoms with Crippen LogP contribution in [0.3, 0.4) is 0 Å². The summed E-state index contributed by atoms with van der Waals surface area (Å²) in [6.07, 6.45) is 1.69. The molecule has 2 rings (SSSR count). The van der Waals surface area contributed by atoms with Crippen LogP contribution in [0.1, 0.15) is 43.4 Å². The molecule has 2 amide bonds. The van der Waals surface area contributed by atoms with Gasteiger partial charge in [0.15, 0.2) is 0 Å². The summed E-state index contributed by atoms with van der Waals surface area (Å²) in [7, 11) is 1.62. The molecule has 29 heavy (non-hydrogen) atoms. The van der Waals surface area contributed by atoms with Gasteiger partial charge in [-0.25, -0.2) is 0 Å². The van der Waals surface area contributed by atoms with E-state index < -0.39 is 6.04 Å². The average molecular weight is 397 g/mol. The summed E-state index contributed by atoms with van der Waals surface area (Å²) in [6, 6.07) is 15.0. The smallest absolute Gasteiger partial charge is 0.242 e. The Bertz CT molecular complexity index is 785. The van der Waals surface area contributed by atoms with Crippen LogP contribution < -0.4 is 10.1 Å². The van der Waals surface area contributed by atoms with Gasteiger partial charge in [0.05, 0.1) is 13.5 Å².